The maximum absolute atomic E-state index is 3.60. The van der Waals surface area contributed by atoms with Crippen molar-refractivity contribution in [2.75, 3.05) is 0 Å². The third kappa shape index (κ3) is 1.43. The summed E-state index contributed by atoms with van der Waals surface area (Å²) >= 11 is 9.03. The molecule has 0 aromatic carbocycles. The summed E-state index contributed by atoms with van der Waals surface area (Å²) in [6, 6.07) is 0. The van der Waals surface area contributed by atoms with Gasteiger partial charge in [0, 0.05) is 9.35 Å². The molecule has 1 aromatic rings. The van der Waals surface area contributed by atoms with Gasteiger partial charge in [0.05, 0.1) is 3.79 Å². The number of thiophene rings is 1. The van der Waals surface area contributed by atoms with Gasteiger partial charge >= 0.3 is 0 Å². The Labute approximate surface area is 87.3 Å². The summed E-state index contributed by atoms with van der Waals surface area (Å²) in [6.45, 7) is 0. The maximum Gasteiger partial charge on any atom is 0.0846 e. The number of aryl methyl sites for hydroxylation is 1. The maximum atomic E-state index is 3.60. The summed E-state index contributed by atoms with van der Waals surface area (Å²) in [5.41, 5.74) is 1.55. The molecule has 1 aromatic heterocycles. The van der Waals surface area contributed by atoms with Gasteiger partial charge in [0.15, 0.2) is 0 Å². The van der Waals surface area contributed by atoms with E-state index in [0.717, 1.165) is 0 Å². The third-order valence-electron chi connectivity index (χ3n) is 2.07. The zero-order valence-electron chi connectivity index (χ0n) is 5.99. The van der Waals surface area contributed by atoms with E-state index in [4.69, 9.17) is 0 Å². The first kappa shape index (κ1) is 8.27. The van der Waals surface area contributed by atoms with Crippen molar-refractivity contribution in [3.63, 3.8) is 0 Å². The van der Waals surface area contributed by atoms with E-state index in [1.165, 1.54) is 33.9 Å². The monoisotopic (exact) mass is 294 g/mol. The second-order valence-corrected chi connectivity index (χ2v) is 6.01. The molecule has 1 heterocycles. The van der Waals surface area contributed by atoms with Crippen molar-refractivity contribution in [3.8, 4) is 0 Å². The largest absolute Gasteiger partial charge is 0.132 e. The Kier molecular flexibility index (Phi) is 2.40. The highest BCUT2D eigenvalue weighted by atomic mass is 79.9. The van der Waals surface area contributed by atoms with Gasteiger partial charge in [-0.1, -0.05) is 0 Å². The first-order valence-electron chi connectivity index (χ1n) is 3.74. The molecule has 0 saturated carbocycles. The van der Waals surface area contributed by atoms with Crippen molar-refractivity contribution in [2.45, 2.75) is 25.7 Å². The zero-order chi connectivity index (χ0) is 7.84. The molecule has 1 aliphatic rings. The van der Waals surface area contributed by atoms with E-state index in [1.54, 1.807) is 10.4 Å². The lowest BCUT2D eigenvalue weighted by molar-refractivity contribution is 0.695. The minimum atomic E-state index is 1.26. The normalized spacial score (nSPS) is 16.5. The molecule has 60 valence electrons. The molecule has 0 aliphatic heterocycles. The molecule has 2 rings (SSSR count). The van der Waals surface area contributed by atoms with Crippen molar-refractivity contribution in [3.05, 3.63) is 18.7 Å². The van der Waals surface area contributed by atoms with Crippen molar-refractivity contribution in [2.24, 2.45) is 0 Å². The molecule has 0 radical (unpaired) electrons. The van der Waals surface area contributed by atoms with E-state index in [9.17, 15) is 0 Å². The van der Waals surface area contributed by atoms with Crippen LogP contribution in [0.25, 0.3) is 0 Å². The first-order chi connectivity index (χ1) is 5.29. The Morgan fingerprint density at radius 1 is 1.09 bits per heavy atom. The highest BCUT2D eigenvalue weighted by Gasteiger charge is 2.17. The van der Waals surface area contributed by atoms with Crippen molar-refractivity contribution >= 4 is 43.2 Å². The molecular weight excluding hydrogens is 288 g/mol. The molecule has 0 saturated heterocycles. The highest BCUT2D eigenvalue weighted by molar-refractivity contribution is 9.13. The average molecular weight is 296 g/mol. The van der Waals surface area contributed by atoms with E-state index < -0.39 is 0 Å². The fourth-order valence-electron chi connectivity index (χ4n) is 1.49. The second kappa shape index (κ2) is 3.19. The van der Waals surface area contributed by atoms with E-state index in [1.807, 2.05) is 11.3 Å². The van der Waals surface area contributed by atoms with Crippen LogP contribution in [0.5, 0.6) is 0 Å². The molecule has 0 N–H and O–H groups in total. The predicted octanol–water partition coefficient (Wildman–Crippen LogP) is 4.15. The molecular formula is C8H8Br2S. The van der Waals surface area contributed by atoms with Gasteiger partial charge in [-0.15, -0.1) is 11.3 Å². The SMILES string of the molecule is Brc1sc2c(c1Br)CCCC2. The Balaban J connectivity index is 2.50. The van der Waals surface area contributed by atoms with Gasteiger partial charge in [0.25, 0.3) is 0 Å². The molecule has 0 amide bonds. The summed E-state index contributed by atoms with van der Waals surface area (Å²) < 4.78 is 2.57. The summed E-state index contributed by atoms with van der Waals surface area (Å²) in [6.07, 6.45) is 5.27. The molecule has 0 unspecified atom stereocenters. The van der Waals surface area contributed by atoms with Crippen LogP contribution in [-0.4, -0.2) is 0 Å². The summed E-state index contributed by atoms with van der Waals surface area (Å²) in [4.78, 5) is 1.58. The molecule has 0 nitrogen and oxygen atoms in total. The zero-order valence-corrected chi connectivity index (χ0v) is 9.98. The molecule has 0 fully saturated rings. The summed E-state index contributed by atoms with van der Waals surface area (Å²) in [5.74, 6) is 0. The molecule has 0 atom stereocenters. The van der Waals surface area contributed by atoms with Crippen LogP contribution in [0.1, 0.15) is 23.3 Å². The second-order valence-electron chi connectivity index (χ2n) is 2.80. The summed E-state index contributed by atoms with van der Waals surface area (Å²) in [7, 11) is 0. The minimum absolute atomic E-state index is 1.26. The highest BCUT2D eigenvalue weighted by Crippen LogP contribution is 2.40. The van der Waals surface area contributed by atoms with Gasteiger partial charge in [-0.2, -0.15) is 0 Å². The lowest BCUT2D eigenvalue weighted by atomic mass is 10.00. The van der Waals surface area contributed by atoms with Crippen molar-refractivity contribution in [1.82, 2.24) is 0 Å². The summed E-state index contributed by atoms with van der Waals surface area (Å²) in [5, 5.41) is 0. The number of hydrogen-bond donors (Lipinski definition) is 0. The van der Waals surface area contributed by atoms with Crippen LogP contribution < -0.4 is 0 Å². The van der Waals surface area contributed by atoms with E-state index in [-0.39, 0.29) is 0 Å². The van der Waals surface area contributed by atoms with E-state index >= 15 is 0 Å². The standard InChI is InChI=1S/C8H8Br2S/c9-7-5-3-1-2-4-6(5)11-8(7)10/h1-4H2. The van der Waals surface area contributed by atoms with Gasteiger partial charge in [-0.3, -0.25) is 0 Å². The Morgan fingerprint density at radius 2 is 1.82 bits per heavy atom. The molecule has 11 heavy (non-hydrogen) atoms. The van der Waals surface area contributed by atoms with Gasteiger partial charge in [0.1, 0.15) is 0 Å². The van der Waals surface area contributed by atoms with Crippen LogP contribution in [0.4, 0.5) is 0 Å². The number of halogens is 2. The van der Waals surface area contributed by atoms with Crippen LogP contribution >= 0.6 is 43.2 Å². The average Bonchev–Trinajstić information content (AvgIpc) is 2.30. The quantitative estimate of drug-likeness (QED) is 0.674. The molecule has 3 heteroatoms. The fourth-order valence-corrected chi connectivity index (χ4v) is 4.13. The topological polar surface area (TPSA) is 0 Å². The first-order valence-corrected chi connectivity index (χ1v) is 6.15. The third-order valence-corrected chi connectivity index (χ3v) is 5.70. The minimum Gasteiger partial charge on any atom is -0.132 e. The number of hydrogen-bond acceptors (Lipinski definition) is 1. The van der Waals surface area contributed by atoms with E-state index in [0.29, 0.717) is 0 Å². The fraction of sp³-hybridized carbons (Fsp3) is 0.500. The lowest BCUT2D eigenvalue weighted by Crippen LogP contribution is -1.97. The Hall–Kier alpha value is 0.660. The Morgan fingerprint density at radius 3 is 2.55 bits per heavy atom. The molecule has 0 spiro atoms. The lowest BCUT2D eigenvalue weighted by Gasteiger charge is -2.09. The van der Waals surface area contributed by atoms with Crippen LogP contribution in [0.2, 0.25) is 0 Å². The van der Waals surface area contributed by atoms with Crippen LogP contribution in [-0.2, 0) is 12.8 Å². The van der Waals surface area contributed by atoms with Crippen LogP contribution in [0.3, 0.4) is 0 Å². The smallest absolute Gasteiger partial charge is 0.0846 e. The molecule has 0 bridgehead atoms. The molecule has 1 aliphatic carbocycles. The number of fused-ring (bicyclic) bond motifs is 1. The predicted molar refractivity (Wildman–Crippen MR) is 56.4 cm³/mol. The number of rotatable bonds is 0. The van der Waals surface area contributed by atoms with Crippen LogP contribution in [0.15, 0.2) is 8.26 Å². The van der Waals surface area contributed by atoms with Gasteiger partial charge < -0.3 is 0 Å². The van der Waals surface area contributed by atoms with Crippen molar-refractivity contribution in [1.29, 1.82) is 0 Å². The van der Waals surface area contributed by atoms with Gasteiger partial charge in [-0.25, -0.2) is 0 Å². The Bertz CT molecular complexity index is 278. The van der Waals surface area contributed by atoms with E-state index in [2.05, 4.69) is 31.9 Å². The van der Waals surface area contributed by atoms with Crippen molar-refractivity contribution < 1.29 is 0 Å². The van der Waals surface area contributed by atoms with Gasteiger partial charge in [-0.05, 0) is 63.1 Å². The van der Waals surface area contributed by atoms with Gasteiger partial charge in [0.2, 0.25) is 0 Å². The van der Waals surface area contributed by atoms with Crippen LogP contribution in [0, 0.1) is 0 Å².